The molecule has 0 fully saturated rings. The van der Waals surface area contributed by atoms with E-state index in [2.05, 4.69) is 5.32 Å². The zero-order chi connectivity index (χ0) is 4.95. The van der Waals surface area contributed by atoms with Crippen molar-refractivity contribution in [3.05, 3.63) is 18.9 Å². The van der Waals surface area contributed by atoms with Crippen LogP contribution in [0.1, 0.15) is 0 Å². The Morgan fingerprint density at radius 1 is 1.43 bits per heavy atom. The second-order valence-electron chi connectivity index (χ2n) is 1.33. The fourth-order valence-corrected chi connectivity index (χ4v) is 0.433. The smallest absolute Gasteiger partial charge is 0.148 e. The Morgan fingerprint density at radius 2 is 2.43 bits per heavy atom. The van der Waals surface area contributed by atoms with Gasteiger partial charge < -0.3 is 10.1 Å². The monoisotopic (exact) mass is 98.1 g/mol. The molecule has 1 aliphatic heterocycles. The summed E-state index contributed by atoms with van der Waals surface area (Å²) in [6.07, 6.45) is 3.61. The Balaban J connectivity index is 2.20. The van der Waals surface area contributed by atoms with Crippen molar-refractivity contribution in [3.63, 3.8) is 0 Å². The maximum atomic E-state index is 4.83. The molecule has 0 aromatic carbocycles. The van der Waals surface area contributed by atoms with Crippen LogP contribution in [0.3, 0.4) is 0 Å². The third-order valence-corrected chi connectivity index (χ3v) is 0.761. The van der Waals surface area contributed by atoms with Crippen LogP contribution in [0, 0.1) is 6.61 Å². The van der Waals surface area contributed by atoms with Crippen LogP contribution < -0.4 is 5.32 Å². The lowest BCUT2D eigenvalue weighted by atomic mass is 10.6. The minimum absolute atomic E-state index is 0.840. The first-order valence-electron chi connectivity index (χ1n) is 2.33. The summed E-state index contributed by atoms with van der Waals surface area (Å²) in [6.45, 7) is 3.48. The van der Waals surface area contributed by atoms with Gasteiger partial charge in [0.05, 0.1) is 6.26 Å². The summed E-state index contributed by atoms with van der Waals surface area (Å²) in [5.74, 6) is 0. The number of ether oxygens (including phenoxy) is 1. The number of nitrogens with one attached hydrogen (secondary N) is 1. The van der Waals surface area contributed by atoms with Crippen LogP contribution in [0.4, 0.5) is 0 Å². The Morgan fingerprint density at radius 3 is 3.43 bits per heavy atom. The molecule has 0 spiro atoms. The highest BCUT2D eigenvalue weighted by molar-refractivity contribution is 4.81. The van der Waals surface area contributed by atoms with Gasteiger partial charge in [0.1, 0.15) is 6.61 Å². The fraction of sp³-hybridized carbons (Fsp3) is 0.400. The van der Waals surface area contributed by atoms with Crippen LogP contribution in [0.5, 0.6) is 0 Å². The van der Waals surface area contributed by atoms with E-state index < -0.39 is 0 Å². The van der Waals surface area contributed by atoms with Gasteiger partial charge in [0.15, 0.2) is 0 Å². The highest BCUT2D eigenvalue weighted by Gasteiger charge is 1.87. The van der Waals surface area contributed by atoms with E-state index in [-0.39, 0.29) is 0 Å². The molecule has 2 nitrogen and oxygen atoms in total. The molecule has 0 saturated carbocycles. The number of rotatable bonds is 0. The molecule has 0 aromatic rings. The molecule has 0 aliphatic carbocycles. The van der Waals surface area contributed by atoms with Crippen molar-refractivity contribution in [2.24, 2.45) is 0 Å². The van der Waals surface area contributed by atoms with Gasteiger partial charge in [-0.15, -0.1) is 0 Å². The quantitative estimate of drug-likeness (QED) is 0.470. The first-order chi connectivity index (χ1) is 3.50. The normalized spacial score (nSPS) is 20.6. The van der Waals surface area contributed by atoms with Crippen molar-refractivity contribution in [3.8, 4) is 0 Å². The molecule has 1 rings (SSSR count). The van der Waals surface area contributed by atoms with Gasteiger partial charge >= 0.3 is 0 Å². The van der Waals surface area contributed by atoms with Crippen LogP contribution in [-0.2, 0) is 4.74 Å². The molecule has 0 unspecified atom stereocenters. The van der Waals surface area contributed by atoms with Crippen molar-refractivity contribution >= 4 is 0 Å². The zero-order valence-electron chi connectivity index (χ0n) is 4.05. The molecule has 0 atom stereocenters. The average Bonchev–Trinajstić information content (AvgIpc) is 1.90. The Hall–Kier alpha value is -0.500. The van der Waals surface area contributed by atoms with E-state index in [1.165, 1.54) is 0 Å². The summed E-state index contributed by atoms with van der Waals surface area (Å²) in [5, 5.41) is 3.08. The molecule has 2 heteroatoms. The third-order valence-electron chi connectivity index (χ3n) is 0.761. The Kier molecular flexibility index (Phi) is 1.75. The van der Waals surface area contributed by atoms with E-state index in [1.807, 2.05) is 6.08 Å². The molecule has 1 N–H and O–H groups in total. The molecule has 1 aliphatic rings. The van der Waals surface area contributed by atoms with Crippen molar-refractivity contribution in [2.45, 2.75) is 0 Å². The van der Waals surface area contributed by atoms with Crippen LogP contribution in [0.2, 0.25) is 0 Å². The van der Waals surface area contributed by atoms with Crippen molar-refractivity contribution < 1.29 is 4.74 Å². The standard InChI is InChI=1S/C5H8NO/c1-2-6-3-5-7-4-1/h1,4-6H,2-3H2. The maximum absolute atomic E-state index is 4.83. The van der Waals surface area contributed by atoms with Gasteiger partial charge in [-0.3, -0.25) is 0 Å². The van der Waals surface area contributed by atoms with E-state index >= 15 is 0 Å². The summed E-state index contributed by atoms with van der Waals surface area (Å²) >= 11 is 0. The first kappa shape index (κ1) is 4.65. The maximum Gasteiger partial charge on any atom is 0.148 e. The first-order valence-corrected chi connectivity index (χ1v) is 2.33. The Bertz CT molecular complexity index is 62.5. The van der Waals surface area contributed by atoms with E-state index in [0.717, 1.165) is 13.1 Å². The molecule has 0 saturated heterocycles. The minimum Gasteiger partial charge on any atom is -0.493 e. The highest BCUT2D eigenvalue weighted by atomic mass is 16.5. The van der Waals surface area contributed by atoms with E-state index in [0.29, 0.717) is 0 Å². The molecule has 39 valence electrons. The molecule has 7 heavy (non-hydrogen) atoms. The lowest BCUT2D eigenvalue weighted by Gasteiger charge is -1.91. The molecular formula is C5H8NO. The average molecular weight is 98.1 g/mol. The van der Waals surface area contributed by atoms with E-state index in [9.17, 15) is 0 Å². The van der Waals surface area contributed by atoms with E-state index in [4.69, 9.17) is 4.74 Å². The van der Waals surface area contributed by atoms with Gasteiger partial charge in [-0.25, -0.2) is 0 Å². The number of hydrogen-bond acceptors (Lipinski definition) is 2. The van der Waals surface area contributed by atoms with Gasteiger partial charge in [0.25, 0.3) is 0 Å². The predicted octanol–water partition coefficient (Wildman–Crippen LogP) is 0.282. The second-order valence-corrected chi connectivity index (χ2v) is 1.33. The van der Waals surface area contributed by atoms with Crippen LogP contribution in [-0.4, -0.2) is 13.1 Å². The molecule has 0 aromatic heterocycles. The summed E-state index contributed by atoms with van der Waals surface area (Å²) < 4.78 is 4.83. The van der Waals surface area contributed by atoms with Gasteiger partial charge in [-0.2, -0.15) is 0 Å². The van der Waals surface area contributed by atoms with Gasteiger partial charge in [-0.1, -0.05) is 0 Å². The number of hydrogen-bond donors (Lipinski definition) is 1. The lowest BCUT2D eigenvalue weighted by molar-refractivity contribution is 0.333. The lowest BCUT2D eigenvalue weighted by Crippen LogP contribution is -2.13. The molecule has 1 heterocycles. The minimum atomic E-state index is 0.840. The topological polar surface area (TPSA) is 21.3 Å². The zero-order valence-corrected chi connectivity index (χ0v) is 4.05. The second kappa shape index (κ2) is 2.64. The largest absolute Gasteiger partial charge is 0.493 e. The SMILES string of the molecule is [CH]1CNCC=CO1. The van der Waals surface area contributed by atoms with Crippen molar-refractivity contribution in [1.29, 1.82) is 0 Å². The fourth-order valence-electron chi connectivity index (χ4n) is 0.433. The molecule has 0 amide bonds. The molecule has 1 radical (unpaired) electrons. The van der Waals surface area contributed by atoms with Crippen molar-refractivity contribution in [2.75, 3.05) is 13.1 Å². The van der Waals surface area contributed by atoms with Crippen molar-refractivity contribution in [1.82, 2.24) is 5.32 Å². The van der Waals surface area contributed by atoms with Gasteiger partial charge in [0, 0.05) is 13.1 Å². The van der Waals surface area contributed by atoms with Gasteiger partial charge in [-0.05, 0) is 6.08 Å². The van der Waals surface area contributed by atoms with Gasteiger partial charge in [0.2, 0.25) is 0 Å². The molecular weight excluding hydrogens is 90.1 g/mol. The summed E-state index contributed by atoms with van der Waals surface area (Å²) in [7, 11) is 0. The third kappa shape index (κ3) is 1.59. The predicted molar refractivity (Wildman–Crippen MR) is 27.4 cm³/mol. The molecule has 0 bridgehead atoms. The summed E-state index contributed by atoms with van der Waals surface area (Å²) in [5.41, 5.74) is 0. The van der Waals surface area contributed by atoms with Crippen LogP contribution in [0.15, 0.2) is 12.3 Å². The highest BCUT2D eigenvalue weighted by Crippen LogP contribution is 1.85. The van der Waals surface area contributed by atoms with Crippen LogP contribution in [0.25, 0.3) is 0 Å². The van der Waals surface area contributed by atoms with Crippen LogP contribution >= 0.6 is 0 Å². The summed E-state index contributed by atoms with van der Waals surface area (Å²) in [4.78, 5) is 0. The van der Waals surface area contributed by atoms with E-state index in [1.54, 1.807) is 12.9 Å². The summed E-state index contributed by atoms with van der Waals surface area (Å²) in [6, 6.07) is 0. The Labute approximate surface area is 43.2 Å².